The van der Waals surface area contributed by atoms with Gasteiger partial charge < -0.3 is 9.22 Å². The lowest BCUT2D eigenvalue weighted by atomic mass is 10.0. The molecule has 4 heteroatoms. The number of pyridine rings is 1. The molecule has 0 amide bonds. The van der Waals surface area contributed by atoms with Crippen LogP contribution in [0.25, 0.3) is 0 Å². The molecule has 0 N–H and O–H groups in total. The highest BCUT2D eigenvalue weighted by atomic mass is 28.4. The Bertz CT molecular complexity index is 481. The number of carbonyl (C=O) groups excluding carboxylic acids is 1. The number of aromatic nitrogens is 1. The van der Waals surface area contributed by atoms with Gasteiger partial charge >= 0.3 is 0 Å². The summed E-state index contributed by atoms with van der Waals surface area (Å²) in [5.74, 6) is 0.282. The molecule has 0 saturated heterocycles. The fraction of sp³-hybridized carbons (Fsp3) is 0.625. The van der Waals surface area contributed by atoms with E-state index in [2.05, 4.69) is 38.8 Å². The summed E-state index contributed by atoms with van der Waals surface area (Å²) in [6.07, 6.45) is 3.68. The Balaban J connectivity index is 2.03. The number of hydrogen-bond acceptors (Lipinski definition) is 3. The Kier molecular flexibility index (Phi) is 3.91. The summed E-state index contributed by atoms with van der Waals surface area (Å²) < 4.78 is 6.25. The van der Waals surface area contributed by atoms with E-state index in [1.807, 2.05) is 18.2 Å². The minimum Gasteiger partial charge on any atom is -0.417 e. The van der Waals surface area contributed by atoms with Crippen LogP contribution in [0.4, 0.5) is 0 Å². The van der Waals surface area contributed by atoms with Crippen molar-refractivity contribution >= 4 is 14.6 Å². The van der Waals surface area contributed by atoms with E-state index in [1.165, 1.54) is 0 Å². The van der Waals surface area contributed by atoms with Crippen molar-refractivity contribution < 1.29 is 9.22 Å². The third-order valence-electron chi connectivity index (χ3n) is 4.96. The molecule has 0 aliphatic heterocycles. The second-order valence-electron chi connectivity index (χ2n) is 7.35. The zero-order valence-corrected chi connectivity index (χ0v) is 14.1. The molecule has 1 heterocycles. The van der Waals surface area contributed by atoms with Crippen molar-refractivity contribution in [3.63, 3.8) is 0 Å². The maximum atomic E-state index is 11.5. The standard InChI is InChI=1S/C16H25NO2Si/c1-15(2,3)20(4,5)19-11-13-10-16(13,12-18)14-8-6-7-9-17-14/h6-9,12-13H,10-11H2,1-5H3/t13-,16-/m1/s1. The van der Waals surface area contributed by atoms with Crippen LogP contribution in [0, 0.1) is 5.92 Å². The van der Waals surface area contributed by atoms with Gasteiger partial charge in [-0.25, -0.2) is 0 Å². The molecule has 3 nitrogen and oxygen atoms in total. The fourth-order valence-electron chi connectivity index (χ4n) is 2.24. The number of rotatable bonds is 5. The molecule has 0 radical (unpaired) electrons. The average Bonchev–Trinajstić information content (AvgIpc) is 3.11. The first-order valence-corrected chi connectivity index (χ1v) is 10.2. The Morgan fingerprint density at radius 2 is 2.15 bits per heavy atom. The van der Waals surface area contributed by atoms with Crippen molar-refractivity contribution in [2.75, 3.05) is 6.61 Å². The Labute approximate surface area is 122 Å². The molecule has 0 bridgehead atoms. The van der Waals surface area contributed by atoms with Crippen LogP contribution in [0.1, 0.15) is 32.9 Å². The summed E-state index contributed by atoms with van der Waals surface area (Å²) in [7, 11) is -1.74. The molecular formula is C16H25NO2Si. The molecule has 2 atom stereocenters. The SMILES string of the molecule is CC(C)(C)[Si](C)(C)OC[C@H]1C[C@]1(C=O)c1ccccn1. The number of carbonyl (C=O) groups is 1. The molecule has 0 unspecified atom stereocenters. The second kappa shape index (κ2) is 5.08. The minimum absolute atomic E-state index is 0.205. The van der Waals surface area contributed by atoms with E-state index in [0.717, 1.165) is 18.4 Å². The van der Waals surface area contributed by atoms with E-state index in [0.29, 0.717) is 6.61 Å². The molecule has 20 heavy (non-hydrogen) atoms. The fourth-order valence-corrected chi connectivity index (χ4v) is 3.29. The summed E-state index contributed by atoms with van der Waals surface area (Å²) in [4.78, 5) is 15.9. The highest BCUT2D eigenvalue weighted by Crippen LogP contribution is 2.52. The van der Waals surface area contributed by atoms with Crippen LogP contribution in [-0.2, 0) is 14.6 Å². The highest BCUT2D eigenvalue weighted by Gasteiger charge is 2.57. The van der Waals surface area contributed by atoms with Gasteiger partial charge in [-0.15, -0.1) is 0 Å². The maximum absolute atomic E-state index is 11.5. The lowest BCUT2D eigenvalue weighted by molar-refractivity contribution is -0.110. The summed E-state index contributed by atoms with van der Waals surface area (Å²) >= 11 is 0. The lowest BCUT2D eigenvalue weighted by Gasteiger charge is -2.36. The monoisotopic (exact) mass is 291 g/mol. The van der Waals surface area contributed by atoms with Crippen LogP contribution >= 0.6 is 0 Å². The predicted octanol–water partition coefficient (Wildman–Crippen LogP) is 3.56. The normalized spacial score (nSPS) is 26.4. The molecule has 1 fully saturated rings. The lowest BCUT2D eigenvalue weighted by Crippen LogP contribution is -2.41. The van der Waals surface area contributed by atoms with Crippen LogP contribution in [0.2, 0.25) is 18.1 Å². The van der Waals surface area contributed by atoms with Crippen LogP contribution in [0.5, 0.6) is 0 Å². The van der Waals surface area contributed by atoms with Crippen molar-refractivity contribution in [2.45, 2.75) is 50.7 Å². The zero-order chi connectivity index (χ0) is 15.0. The van der Waals surface area contributed by atoms with Gasteiger partial charge in [-0.2, -0.15) is 0 Å². The van der Waals surface area contributed by atoms with E-state index in [4.69, 9.17) is 4.43 Å². The zero-order valence-electron chi connectivity index (χ0n) is 13.1. The first kappa shape index (κ1) is 15.4. The Morgan fingerprint density at radius 3 is 2.65 bits per heavy atom. The van der Waals surface area contributed by atoms with Crippen LogP contribution in [-0.4, -0.2) is 26.2 Å². The van der Waals surface area contributed by atoms with Crippen LogP contribution < -0.4 is 0 Å². The molecule has 0 aromatic carbocycles. The van der Waals surface area contributed by atoms with Gasteiger partial charge in [-0.1, -0.05) is 26.8 Å². The van der Waals surface area contributed by atoms with E-state index in [1.54, 1.807) is 6.20 Å². The number of nitrogens with zero attached hydrogens (tertiary/aromatic N) is 1. The molecule has 1 aromatic rings. The van der Waals surface area contributed by atoms with Gasteiger partial charge in [-0.3, -0.25) is 4.98 Å². The van der Waals surface area contributed by atoms with Gasteiger partial charge in [0, 0.05) is 18.7 Å². The molecule has 1 saturated carbocycles. The molecule has 1 aliphatic carbocycles. The molecule has 0 spiro atoms. The van der Waals surface area contributed by atoms with Gasteiger partial charge in [-0.05, 0) is 36.7 Å². The van der Waals surface area contributed by atoms with E-state index < -0.39 is 13.7 Å². The van der Waals surface area contributed by atoms with Crippen molar-refractivity contribution in [1.29, 1.82) is 0 Å². The van der Waals surface area contributed by atoms with Crippen LogP contribution in [0.15, 0.2) is 24.4 Å². The Morgan fingerprint density at radius 1 is 1.45 bits per heavy atom. The van der Waals surface area contributed by atoms with Crippen LogP contribution in [0.3, 0.4) is 0 Å². The summed E-state index contributed by atoms with van der Waals surface area (Å²) in [6.45, 7) is 11.9. The summed E-state index contributed by atoms with van der Waals surface area (Å²) in [5.41, 5.74) is 0.489. The predicted molar refractivity (Wildman–Crippen MR) is 83.2 cm³/mol. The molecular weight excluding hydrogens is 266 g/mol. The molecule has 2 rings (SSSR count). The smallest absolute Gasteiger partial charge is 0.191 e. The first-order valence-electron chi connectivity index (χ1n) is 7.25. The Hall–Kier alpha value is -1.00. The van der Waals surface area contributed by atoms with Crippen molar-refractivity contribution in [3.8, 4) is 0 Å². The third kappa shape index (κ3) is 2.72. The van der Waals surface area contributed by atoms with Crippen molar-refractivity contribution in [2.24, 2.45) is 5.92 Å². The largest absolute Gasteiger partial charge is 0.417 e. The quantitative estimate of drug-likeness (QED) is 0.615. The van der Waals surface area contributed by atoms with Gasteiger partial charge in [0.2, 0.25) is 0 Å². The molecule has 110 valence electrons. The van der Waals surface area contributed by atoms with E-state index in [-0.39, 0.29) is 11.0 Å². The van der Waals surface area contributed by atoms with Gasteiger partial charge in [0.25, 0.3) is 0 Å². The minimum atomic E-state index is -1.74. The van der Waals surface area contributed by atoms with Gasteiger partial charge in [0.1, 0.15) is 6.29 Å². The van der Waals surface area contributed by atoms with Gasteiger partial charge in [0.05, 0.1) is 11.1 Å². The number of hydrogen-bond donors (Lipinski definition) is 0. The second-order valence-corrected chi connectivity index (χ2v) is 12.2. The molecule has 1 aromatic heterocycles. The average molecular weight is 291 g/mol. The first-order chi connectivity index (χ1) is 9.23. The number of aldehydes is 1. The van der Waals surface area contributed by atoms with Gasteiger partial charge in [0.15, 0.2) is 8.32 Å². The highest BCUT2D eigenvalue weighted by molar-refractivity contribution is 6.74. The third-order valence-corrected chi connectivity index (χ3v) is 9.46. The maximum Gasteiger partial charge on any atom is 0.191 e. The van der Waals surface area contributed by atoms with Crippen molar-refractivity contribution in [1.82, 2.24) is 4.98 Å². The summed E-state index contributed by atoms with van der Waals surface area (Å²) in [6, 6.07) is 5.77. The topological polar surface area (TPSA) is 39.2 Å². The van der Waals surface area contributed by atoms with Crippen molar-refractivity contribution in [3.05, 3.63) is 30.1 Å². The summed E-state index contributed by atoms with van der Waals surface area (Å²) in [5, 5.41) is 0.205. The molecule has 1 aliphatic rings. The van der Waals surface area contributed by atoms with E-state index >= 15 is 0 Å². The van der Waals surface area contributed by atoms with E-state index in [9.17, 15) is 4.79 Å².